The quantitative estimate of drug-likeness (QED) is 0.462. The highest BCUT2D eigenvalue weighted by Gasteiger charge is 2.19. The third kappa shape index (κ3) is 1.96. The largest absolute Gasteiger partial charge is 0.465 e. The van der Waals surface area contributed by atoms with E-state index in [4.69, 9.17) is 0 Å². The number of piperazine rings is 1. The van der Waals surface area contributed by atoms with Gasteiger partial charge in [0.15, 0.2) is 0 Å². The molecule has 2 unspecified atom stereocenters. The summed E-state index contributed by atoms with van der Waals surface area (Å²) in [6.45, 7) is 8.00. The summed E-state index contributed by atoms with van der Waals surface area (Å²) >= 11 is 0. The van der Waals surface area contributed by atoms with Crippen LogP contribution in [-0.2, 0) is 0 Å². The van der Waals surface area contributed by atoms with Crippen LogP contribution in [0.1, 0.15) is 13.8 Å². The van der Waals surface area contributed by atoms with E-state index in [-0.39, 0.29) is 0 Å². The van der Waals surface area contributed by atoms with Gasteiger partial charge in [0.05, 0.1) is 19.1 Å². The second-order valence-corrected chi connectivity index (χ2v) is 3.51. The van der Waals surface area contributed by atoms with Crippen molar-refractivity contribution in [2.24, 2.45) is 5.92 Å². The van der Waals surface area contributed by atoms with E-state index in [1.165, 1.54) is 18.0 Å². The summed E-state index contributed by atoms with van der Waals surface area (Å²) in [4.78, 5) is 1.41. The van der Waals surface area contributed by atoms with Crippen LogP contribution in [0.3, 0.4) is 0 Å². The molecule has 2 N–H and O–H groups in total. The van der Waals surface area contributed by atoms with Gasteiger partial charge in [-0.2, -0.15) is 7.05 Å². The first kappa shape index (κ1) is 8.02. The molecule has 10 heavy (non-hydrogen) atoms. The van der Waals surface area contributed by atoms with Gasteiger partial charge in [-0.15, -0.1) is 0 Å². The van der Waals surface area contributed by atoms with Crippen molar-refractivity contribution in [2.75, 3.05) is 19.6 Å². The smallest absolute Gasteiger partial charge is 0.0689 e. The number of hydrogen-bond donors (Lipinski definition) is 2. The molecule has 1 rings (SSSR count). The molecular weight excluding hydrogens is 124 g/mol. The molecule has 0 amide bonds. The second-order valence-electron chi connectivity index (χ2n) is 3.51. The molecule has 0 spiro atoms. The van der Waals surface area contributed by atoms with Crippen molar-refractivity contribution < 1.29 is 4.90 Å². The standard InChI is InChI=1S/C8H18N2/c1-7(2)8-6-10(3)5-4-9-8/h7-10H,3-6H2,1-2H3. The molecule has 0 bridgehead atoms. The Labute approximate surface area is 63.6 Å². The summed E-state index contributed by atoms with van der Waals surface area (Å²) in [5.74, 6) is 0.747. The van der Waals surface area contributed by atoms with Gasteiger partial charge in [-0.3, -0.25) is 0 Å². The van der Waals surface area contributed by atoms with Gasteiger partial charge in [0, 0.05) is 6.54 Å². The van der Waals surface area contributed by atoms with E-state index < -0.39 is 0 Å². The zero-order valence-corrected chi connectivity index (χ0v) is 6.98. The lowest BCUT2D eigenvalue weighted by atomic mass is 10.0. The average Bonchev–Trinajstić information content (AvgIpc) is 1.88. The molecule has 1 aliphatic rings. The Balaban J connectivity index is 2.32. The van der Waals surface area contributed by atoms with Crippen molar-refractivity contribution in [3.63, 3.8) is 0 Å². The van der Waals surface area contributed by atoms with Crippen LogP contribution in [0.2, 0.25) is 0 Å². The van der Waals surface area contributed by atoms with Crippen molar-refractivity contribution in [3.8, 4) is 0 Å². The number of hydrogen-bond acceptors (Lipinski definition) is 1. The van der Waals surface area contributed by atoms with Crippen molar-refractivity contribution >= 4 is 0 Å². The maximum atomic E-state index is 4.01. The SMILES string of the molecule is [CH2-][NH+]1CCNC(C(C)C)C1. The summed E-state index contributed by atoms with van der Waals surface area (Å²) in [5.41, 5.74) is 0. The first-order valence-corrected chi connectivity index (χ1v) is 4.10. The highest BCUT2D eigenvalue weighted by molar-refractivity contribution is 4.71. The minimum atomic E-state index is 0.682. The lowest BCUT2D eigenvalue weighted by molar-refractivity contribution is -0.859. The third-order valence-corrected chi connectivity index (χ3v) is 2.20. The zero-order chi connectivity index (χ0) is 7.56. The molecule has 1 fully saturated rings. The Morgan fingerprint density at radius 3 is 2.70 bits per heavy atom. The lowest BCUT2D eigenvalue weighted by Gasteiger charge is -2.34. The molecule has 1 heterocycles. The van der Waals surface area contributed by atoms with E-state index in [9.17, 15) is 0 Å². The highest BCUT2D eigenvalue weighted by Crippen LogP contribution is 1.99. The van der Waals surface area contributed by atoms with Gasteiger partial charge in [-0.05, 0) is 5.92 Å². The van der Waals surface area contributed by atoms with Crippen LogP contribution in [0.15, 0.2) is 0 Å². The minimum Gasteiger partial charge on any atom is -0.465 e. The lowest BCUT2D eigenvalue weighted by Crippen LogP contribution is -3.11. The molecule has 0 aromatic rings. The van der Waals surface area contributed by atoms with Gasteiger partial charge in [-0.25, -0.2) is 0 Å². The summed E-state index contributed by atoms with van der Waals surface area (Å²) in [6, 6.07) is 0.682. The van der Waals surface area contributed by atoms with Crippen molar-refractivity contribution in [2.45, 2.75) is 19.9 Å². The molecule has 1 aliphatic heterocycles. The van der Waals surface area contributed by atoms with Crippen LogP contribution in [-0.4, -0.2) is 25.7 Å². The van der Waals surface area contributed by atoms with Gasteiger partial charge in [0.1, 0.15) is 0 Å². The van der Waals surface area contributed by atoms with Gasteiger partial charge in [-0.1, -0.05) is 13.8 Å². The van der Waals surface area contributed by atoms with E-state index in [2.05, 4.69) is 26.2 Å². The summed E-state index contributed by atoms with van der Waals surface area (Å²) in [5, 5.41) is 3.49. The van der Waals surface area contributed by atoms with Gasteiger partial charge >= 0.3 is 0 Å². The fourth-order valence-electron chi connectivity index (χ4n) is 1.39. The number of rotatable bonds is 1. The van der Waals surface area contributed by atoms with E-state index in [1.54, 1.807) is 0 Å². The van der Waals surface area contributed by atoms with E-state index >= 15 is 0 Å². The fourth-order valence-corrected chi connectivity index (χ4v) is 1.39. The van der Waals surface area contributed by atoms with Crippen LogP contribution in [0.25, 0.3) is 0 Å². The van der Waals surface area contributed by atoms with Crippen LogP contribution in [0, 0.1) is 13.0 Å². The molecule has 0 aromatic carbocycles. The van der Waals surface area contributed by atoms with Crippen LogP contribution >= 0.6 is 0 Å². The summed E-state index contributed by atoms with van der Waals surface area (Å²) in [6.07, 6.45) is 0. The molecule has 0 aromatic heterocycles. The Bertz CT molecular complexity index is 101. The Hall–Kier alpha value is -0.0800. The molecule has 2 heteroatoms. The molecule has 0 saturated carbocycles. The topological polar surface area (TPSA) is 16.5 Å². The van der Waals surface area contributed by atoms with E-state index in [0.29, 0.717) is 6.04 Å². The normalized spacial score (nSPS) is 34.8. The number of nitrogens with one attached hydrogen (secondary N) is 2. The molecule has 0 radical (unpaired) electrons. The average molecular weight is 142 g/mol. The highest BCUT2D eigenvalue weighted by atomic mass is 15.2. The van der Waals surface area contributed by atoms with Gasteiger partial charge < -0.3 is 10.2 Å². The Morgan fingerprint density at radius 2 is 2.30 bits per heavy atom. The predicted molar refractivity (Wildman–Crippen MR) is 42.7 cm³/mol. The zero-order valence-electron chi connectivity index (χ0n) is 6.98. The Morgan fingerprint density at radius 1 is 1.60 bits per heavy atom. The fraction of sp³-hybridized carbons (Fsp3) is 0.875. The van der Waals surface area contributed by atoms with Crippen molar-refractivity contribution in [1.29, 1.82) is 0 Å². The number of quaternary nitrogens is 1. The molecular formula is C8H18N2. The third-order valence-electron chi connectivity index (χ3n) is 2.20. The van der Waals surface area contributed by atoms with Crippen molar-refractivity contribution in [3.05, 3.63) is 7.05 Å². The van der Waals surface area contributed by atoms with Gasteiger partial charge in [0.2, 0.25) is 0 Å². The Kier molecular flexibility index (Phi) is 2.69. The minimum absolute atomic E-state index is 0.682. The van der Waals surface area contributed by atoms with E-state index in [1.807, 2.05) is 0 Å². The molecule has 0 aliphatic carbocycles. The molecule has 2 nitrogen and oxygen atoms in total. The maximum Gasteiger partial charge on any atom is 0.0689 e. The van der Waals surface area contributed by atoms with E-state index in [0.717, 1.165) is 12.5 Å². The van der Waals surface area contributed by atoms with Crippen molar-refractivity contribution in [1.82, 2.24) is 5.32 Å². The second kappa shape index (κ2) is 3.35. The van der Waals surface area contributed by atoms with Crippen LogP contribution < -0.4 is 10.2 Å². The first-order valence-electron chi connectivity index (χ1n) is 4.10. The maximum absolute atomic E-state index is 4.01. The monoisotopic (exact) mass is 142 g/mol. The predicted octanol–water partition coefficient (Wildman–Crippen LogP) is -0.709. The summed E-state index contributed by atoms with van der Waals surface area (Å²) in [7, 11) is 4.01. The molecule has 1 saturated heterocycles. The van der Waals surface area contributed by atoms with Crippen LogP contribution in [0.5, 0.6) is 0 Å². The van der Waals surface area contributed by atoms with Crippen LogP contribution in [0.4, 0.5) is 0 Å². The molecule has 60 valence electrons. The first-order chi connectivity index (χ1) is 4.70. The van der Waals surface area contributed by atoms with Gasteiger partial charge in [0.25, 0.3) is 0 Å². The summed E-state index contributed by atoms with van der Waals surface area (Å²) < 4.78 is 0. The molecule has 2 atom stereocenters.